The molecule has 7 nitrogen and oxygen atoms in total. The van der Waals surface area contributed by atoms with Crippen LogP contribution < -0.4 is 5.32 Å². The molecule has 2 fully saturated rings. The van der Waals surface area contributed by atoms with Crippen LogP contribution in [0.15, 0.2) is 65.4 Å². The van der Waals surface area contributed by atoms with E-state index in [0.29, 0.717) is 18.8 Å². The lowest BCUT2D eigenvalue weighted by Crippen LogP contribution is -2.42. The maximum absolute atomic E-state index is 13.4. The number of carbonyl (C=O) groups excluding carboxylic acids is 2. The van der Waals surface area contributed by atoms with Gasteiger partial charge in [0.05, 0.1) is 18.4 Å². The highest BCUT2D eigenvalue weighted by atomic mass is 19.1. The summed E-state index contributed by atoms with van der Waals surface area (Å²) in [6.07, 6.45) is 4.02. The molecule has 0 bridgehead atoms. The molecule has 1 aliphatic heterocycles. The summed E-state index contributed by atoms with van der Waals surface area (Å²) in [7, 11) is 0. The average molecular weight is 420 g/mol. The van der Waals surface area contributed by atoms with Crippen molar-refractivity contribution < 1.29 is 18.5 Å². The van der Waals surface area contributed by atoms with Crippen LogP contribution in [-0.2, 0) is 10.2 Å². The second-order valence-electron chi connectivity index (χ2n) is 8.13. The van der Waals surface area contributed by atoms with E-state index < -0.39 is 17.1 Å². The van der Waals surface area contributed by atoms with Crippen molar-refractivity contribution in [3.63, 3.8) is 0 Å². The third kappa shape index (κ3) is 3.58. The smallest absolute Gasteiger partial charge is 0.270 e. The second kappa shape index (κ2) is 7.61. The van der Waals surface area contributed by atoms with Gasteiger partial charge in [-0.15, -0.1) is 0 Å². The van der Waals surface area contributed by atoms with Crippen LogP contribution in [0.4, 0.5) is 4.39 Å². The normalized spacial score (nSPS) is 21.6. The van der Waals surface area contributed by atoms with E-state index >= 15 is 0 Å². The monoisotopic (exact) mass is 420 g/mol. The Kier molecular flexibility index (Phi) is 4.77. The van der Waals surface area contributed by atoms with Crippen molar-refractivity contribution in [2.24, 2.45) is 0 Å². The zero-order valence-electron chi connectivity index (χ0n) is 16.7. The fourth-order valence-corrected chi connectivity index (χ4v) is 4.36. The summed E-state index contributed by atoms with van der Waals surface area (Å²) >= 11 is 0. The molecule has 1 aromatic carbocycles. The molecule has 0 unspecified atom stereocenters. The van der Waals surface area contributed by atoms with Crippen LogP contribution in [0.3, 0.4) is 0 Å². The van der Waals surface area contributed by atoms with E-state index in [4.69, 9.17) is 4.52 Å². The molecule has 8 heteroatoms. The number of rotatable bonds is 5. The number of carbonyl (C=O) groups is 2. The third-order valence-corrected chi connectivity index (χ3v) is 6.18. The Hall–Kier alpha value is -3.55. The maximum atomic E-state index is 13.4. The molecule has 2 aliphatic rings. The number of halogens is 1. The van der Waals surface area contributed by atoms with Crippen molar-refractivity contribution in [3.8, 4) is 0 Å². The molecule has 5 rings (SSSR count). The number of aromatic nitrogens is 2. The molecule has 1 saturated carbocycles. The van der Waals surface area contributed by atoms with Gasteiger partial charge in [0.15, 0.2) is 5.76 Å². The van der Waals surface area contributed by atoms with Crippen molar-refractivity contribution in [3.05, 3.63) is 83.8 Å². The van der Waals surface area contributed by atoms with Crippen LogP contribution >= 0.6 is 0 Å². The predicted octanol–water partition coefficient (Wildman–Crippen LogP) is 2.66. The van der Waals surface area contributed by atoms with Crippen LogP contribution in [0.25, 0.3) is 0 Å². The van der Waals surface area contributed by atoms with Crippen LogP contribution in [0.1, 0.15) is 40.6 Å². The van der Waals surface area contributed by atoms with Gasteiger partial charge in [-0.1, -0.05) is 35.5 Å². The van der Waals surface area contributed by atoms with Gasteiger partial charge in [0.1, 0.15) is 16.9 Å². The number of amides is 2. The first-order valence-corrected chi connectivity index (χ1v) is 10.2. The lowest BCUT2D eigenvalue weighted by molar-refractivity contribution is -0.133. The molecule has 3 aromatic rings. The van der Waals surface area contributed by atoms with Crippen molar-refractivity contribution in [2.75, 3.05) is 13.1 Å². The van der Waals surface area contributed by atoms with E-state index in [1.165, 1.54) is 12.1 Å². The van der Waals surface area contributed by atoms with Crippen molar-refractivity contribution in [1.29, 1.82) is 0 Å². The Balaban J connectivity index is 1.38. The zero-order valence-corrected chi connectivity index (χ0v) is 16.7. The Bertz CT molecular complexity index is 1080. The quantitative estimate of drug-likeness (QED) is 0.686. The topological polar surface area (TPSA) is 88.3 Å². The highest BCUT2D eigenvalue weighted by Crippen LogP contribution is 2.50. The van der Waals surface area contributed by atoms with Gasteiger partial charge >= 0.3 is 0 Å². The summed E-state index contributed by atoms with van der Waals surface area (Å²) < 4.78 is 18.5. The second-order valence-corrected chi connectivity index (χ2v) is 8.13. The van der Waals surface area contributed by atoms with Gasteiger partial charge in [-0.25, -0.2) is 9.37 Å². The number of pyridine rings is 1. The highest BCUT2D eigenvalue weighted by Gasteiger charge is 2.57. The highest BCUT2D eigenvalue weighted by molar-refractivity contribution is 5.93. The van der Waals surface area contributed by atoms with E-state index in [1.807, 2.05) is 30.3 Å². The average Bonchev–Trinajstić information content (AvgIpc) is 3.21. The third-order valence-electron chi connectivity index (χ3n) is 6.18. The van der Waals surface area contributed by atoms with Crippen LogP contribution in [0, 0.1) is 5.82 Å². The lowest BCUT2D eigenvalue weighted by atomic mass is 9.94. The van der Waals surface area contributed by atoms with E-state index in [1.54, 1.807) is 17.2 Å². The number of hydrogen-bond acceptors (Lipinski definition) is 5. The SMILES string of the molecule is O=C(N[C@@H]1CN(C(=O)C2(c3ccno3)CC2)C[C@H]1c1ccccc1)c1ccc(F)cn1. The number of nitrogens with one attached hydrogen (secondary N) is 1. The predicted molar refractivity (Wildman–Crippen MR) is 109 cm³/mol. The van der Waals surface area contributed by atoms with Gasteiger partial charge in [0.25, 0.3) is 5.91 Å². The zero-order chi connectivity index (χ0) is 21.4. The van der Waals surface area contributed by atoms with E-state index in [9.17, 15) is 14.0 Å². The molecule has 2 atom stereocenters. The Labute approximate surface area is 178 Å². The molecule has 2 aromatic heterocycles. The summed E-state index contributed by atoms with van der Waals surface area (Å²) in [6.45, 7) is 0.863. The number of hydrogen-bond donors (Lipinski definition) is 1. The first-order valence-electron chi connectivity index (χ1n) is 10.2. The van der Waals surface area contributed by atoms with E-state index in [0.717, 1.165) is 24.6 Å². The summed E-state index contributed by atoms with van der Waals surface area (Å²) in [4.78, 5) is 31.8. The first kappa shape index (κ1) is 19.4. The minimum atomic E-state index is -0.644. The summed E-state index contributed by atoms with van der Waals surface area (Å²) in [5.41, 5.74) is 0.535. The lowest BCUT2D eigenvalue weighted by Gasteiger charge is -2.21. The largest absolute Gasteiger partial charge is 0.360 e. The summed E-state index contributed by atoms with van der Waals surface area (Å²) in [5, 5.41) is 6.76. The molecule has 0 spiro atoms. The fraction of sp³-hybridized carbons (Fsp3) is 0.304. The van der Waals surface area contributed by atoms with Gasteiger partial charge in [0.2, 0.25) is 5.91 Å². The molecule has 158 valence electrons. The Morgan fingerprint density at radius 2 is 1.90 bits per heavy atom. The molecular formula is C23H21FN4O3. The first-order chi connectivity index (χ1) is 15.1. The molecule has 1 aliphatic carbocycles. The van der Waals surface area contributed by atoms with E-state index in [-0.39, 0.29) is 23.6 Å². The molecule has 0 radical (unpaired) electrons. The number of nitrogens with zero attached hydrogens (tertiary/aromatic N) is 3. The minimum absolute atomic E-state index is 0.00170. The Morgan fingerprint density at radius 1 is 1.10 bits per heavy atom. The van der Waals surface area contributed by atoms with Crippen LogP contribution in [-0.4, -0.2) is 46.0 Å². The van der Waals surface area contributed by atoms with Gasteiger partial charge in [-0.05, 0) is 30.5 Å². The summed E-state index contributed by atoms with van der Waals surface area (Å²) in [5.74, 6) is -0.367. The molecule has 1 saturated heterocycles. The minimum Gasteiger partial charge on any atom is -0.360 e. The van der Waals surface area contributed by atoms with Gasteiger partial charge < -0.3 is 14.7 Å². The van der Waals surface area contributed by atoms with E-state index in [2.05, 4.69) is 15.5 Å². The number of likely N-dealkylation sites (tertiary alicyclic amines) is 1. The maximum Gasteiger partial charge on any atom is 0.270 e. The van der Waals surface area contributed by atoms with Gasteiger partial charge in [-0.2, -0.15) is 0 Å². The molecular weight excluding hydrogens is 399 g/mol. The summed E-state index contributed by atoms with van der Waals surface area (Å²) in [6, 6.07) is 13.8. The van der Waals surface area contributed by atoms with Crippen LogP contribution in [0.2, 0.25) is 0 Å². The van der Waals surface area contributed by atoms with Crippen molar-refractivity contribution >= 4 is 11.8 Å². The molecule has 2 amide bonds. The Morgan fingerprint density at radius 3 is 2.55 bits per heavy atom. The number of benzene rings is 1. The van der Waals surface area contributed by atoms with Crippen LogP contribution in [0.5, 0.6) is 0 Å². The molecule has 3 heterocycles. The fourth-order valence-electron chi connectivity index (χ4n) is 4.36. The molecule has 1 N–H and O–H groups in total. The van der Waals surface area contributed by atoms with Crippen molar-refractivity contribution in [1.82, 2.24) is 20.4 Å². The van der Waals surface area contributed by atoms with Gasteiger partial charge in [-0.3, -0.25) is 9.59 Å². The standard InChI is InChI=1S/C23H21FN4O3/c24-16-6-7-18(25-12-16)21(29)27-19-14-28(13-17(19)15-4-2-1-3-5-15)22(30)23(9-10-23)20-8-11-26-31-20/h1-8,11-12,17,19H,9-10,13-14H2,(H,27,29)/t17-,19+/m0/s1. The molecule has 31 heavy (non-hydrogen) atoms. The van der Waals surface area contributed by atoms with Gasteiger partial charge in [0, 0.05) is 25.1 Å². The van der Waals surface area contributed by atoms with Crippen molar-refractivity contribution in [2.45, 2.75) is 30.2 Å².